The number of amides is 1. The van der Waals surface area contributed by atoms with Crippen molar-refractivity contribution in [2.24, 2.45) is 0 Å². The van der Waals surface area contributed by atoms with E-state index in [0.717, 1.165) is 30.5 Å². The van der Waals surface area contributed by atoms with Crippen LogP contribution in [-0.2, 0) is 22.2 Å². The van der Waals surface area contributed by atoms with Gasteiger partial charge in [0.15, 0.2) is 15.5 Å². The molecule has 0 bridgehead atoms. The zero-order valence-electron chi connectivity index (χ0n) is 16.0. The number of alkyl halides is 6. The summed E-state index contributed by atoms with van der Waals surface area (Å²) in [6.45, 7) is 0. The van der Waals surface area contributed by atoms with E-state index in [1.807, 2.05) is 0 Å². The number of benzene rings is 2. The summed E-state index contributed by atoms with van der Waals surface area (Å²) in [5.74, 6) is -1.23. The number of nitrogens with one attached hydrogen (secondary N) is 1. The van der Waals surface area contributed by atoms with Crippen LogP contribution in [0.15, 0.2) is 59.6 Å². The number of halogens is 6. The Balaban J connectivity index is 2.00. The molecule has 3 rings (SSSR count). The third-order valence-electron chi connectivity index (χ3n) is 4.24. The molecule has 0 aliphatic rings. The second-order valence-corrected chi connectivity index (χ2v) is 8.63. The van der Waals surface area contributed by atoms with E-state index in [1.54, 1.807) is 0 Å². The van der Waals surface area contributed by atoms with Gasteiger partial charge in [-0.15, -0.1) is 0 Å². The lowest BCUT2D eigenvalue weighted by molar-refractivity contribution is -0.143. The van der Waals surface area contributed by atoms with Gasteiger partial charge < -0.3 is 5.32 Å². The highest BCUT2D eigenvalue weighted by Gasteiger charge is 2.41. The van der Waals surface area contributed by atoms with Crippen LogP contribution in [0.2, 0.25) is 0 Å². The number of aromatic nitrogens is 2. The van der Waals surface area contributed by atoms with E-state index in [9.17, 15) is 39.6 Å². The van der Waals surface area contributed by atoms with E-state index in [4.69, 9.17) is 0 Å². The van der Waals surface area contributed by atoms with Gasteiger partial charge in [0.2, 0.25) is 0 Å². The Morgan fingerprint density at radius 2 is 1.59 bits per heavy atom. The van der Waals surface area contributed by atoms with Crippen LogP contribution in [-0.4, -0.2) is 30.4 Å². The summed E-state index contributed by atoms with van der Waals surface area (Å²) in [4.78, 5) is 12.4. The van der Waals surface area contributed by atoms with Crippen molar-refractivity contribution >= 4 is 21.4 Å². The van der Waals surface area contributed by atoms with Crippen LogP contribution in [0.25, 0.3) is 5.69 Å². The lowest BCUT2D eigenvalue weighted by atomic mass is 10.1. The fourth-order valence-electron chi connectivity index (χ4n) is 2.78. The van der Waals surface area contributed by atoms with E-state index in [2.05, 4.69) is 10.4 Å². The van der Waals surface area contributed by atoms with Crippen LogP contribution in [0.3, 0.4) is 0 Å². The molecule has 1 heterocycles. The highest BCUT2D eigenvalue weighted by atomic mass is 32.2. The van der Waals surface area contributed by atoms with Crippen molar-refractivity contribution in [3.63, 3.8) is 0 Å². The van der Waals surface area contributed by atoms with E-state index >= 15 is 0 Å². The molecule has 1 N–H and O–H groups in total. The molecule has 0 atom stereocenters. The second kappa shape index (κ2) is 7.97. The highest BCUT2D eigenvalue weighted by molar-refractivity contribution is 7.90. The molecule has 0 saturated carbocycles. The molecule has 1 aromatic heterocycles. The molecule has 1 amide bonds. The Morgan fingerprint density at radius 1 is 0.969 bits per heavy atom. The molecule has 0 saturated heterocycles. The van der Waals surface area contributed by atoms with Crippen molar-refractivity contribution in [3.8, 4) is 5.69 Å². The Morgan fingerprint density at radius 3 is 2.12 bits per heavy atom. The van der Waals surface area contributed by atoms with Gasteiger partial charge in [-0.2, -0.15) is 31.4 Å². The minimum Gasteiger partial charge on any atom is -0.322 e. The van der Waals surface area contributed by atoms with Gasteiger partial charge in [-0.3, -0.25) is 4.79 Å². The summed E-state index contributed by atoms with van der Waals surface area (Å²) in [5.41, 5.74) is -4.22. The lowest BCUT2D eigenvalue weighted by Gasteiger charge is -2.14. The first-order valence-electron chi connectivity index (χ1n) is 8.62. The van der Waals surface area contributed by atoms with Crippen LogP contribution in [0, 0.1) is 0 Å². The maximum atomic E-state index is 13.7. The largest absolute Gasteiger partial charge is 0.434 e. The van der Waals surface area contributed by atoms with Crippen LogP contribution < -0.4 is 5.32 Å². The van der Waals surface area contributed by atoms with Crippen LogP contribution in [0.5, 0.6) is 0 Å². The first-order chi connectivity index (χ1) is 14.7. The van der Waals surface area contributed by atoms with E-state index in [0.29, 0.717) is 18.3 Å². The number of carbonyl (C=O) groups excluding carboxylic acids is 1. The van der Waals surface area contributed by atoms with Gasteiger partial charge in [0.05, 0.1) is 27.9 Å². The third kappa shape index (κ3) is 4.93. The maximum absolute atomic E-state index is 13.7. The van der Waals surface area contributed by atoms with Crippen molar-refractivity contribution in [2.75, 3.05) is 11.6 Å². The van der Waals surface area contributed by atoms with Gasteiger partial charge in [-0.1, -0.05) is 6.07 Å². The predicted octanol–water partition coefficient (Wildman–Crippen LogP) is 4.57. The Kier molecular flexibility index (Phi) is 5.80. The van der Waals surface area contributed by atoms with E-state index < -0.39 is 50.6 Å². The topological polar surface area (TPSA) is 81.1 Å². The Hall–Kier alpha value is -3.35. The number of sulfone groups is 1. The zero-order chi connectivity index (χ0) is 23.9. The first-order valence-corrected chi connectivity index (χ1v) is 10.5. The molecule has 32 heavy (non-hydrogen) atoms. The maximum Gasteiger partial charge on any atom is 0.434 e. The number of anilines is 1. The average molecular weight is 477 g/mol. The summed E-state index contributed by atoms with van der Waals surface area (Å²) >= 11 is 0. The Labute approximate surface area is 177 Å². The summed E-state index contributed by atoms with van der Waals surface area (Å²) < 4.78 is 103. The van der Waals surface area contributed by atoms with E-state index in [-0.39, 0.29) is 15.3 Å². The monoisotopic (exact) mass is 477 g/mol. The minimum absolute atomic E-state index is 0.00217. The molecule has 0 radical (unpaired) electrons. The van der Waals surface area contributed by atoms with E-state index in [1.165, 1.54) is 12.1 Å². The third-order valence-corrected chi connectivity index (χ3v) is 5.37. The SMILES string of the molecule is CS(=O)(=O)c1ccc(NC(=O)c2cnn(-c3cccc(C(F)(F)F)c3)c2C(F)(F)F)cc1. The predicted molar refractivity (Wildman–Crippen MR) is 101 cm³/mol. The molecule has 0 aliphatic carbocycles. The minimum atomic E-state index is -5.13. The fraction of sp³-hybridized carbons (Fsp3) is 0.158. The molecular weight excluding hydrogens is 464 g/mol. The van der Waals surface area contributed by atoms with Gasteiger partial charge in [0.25, 0.3) is 5.91 Å². The van der Waals surface area contributed by atoms with Gasteiger partial charge in [-0.25, -0.2) is 13.1 Å². The van der Waals surface area contributed by atoms with Crippen molar-refractivity contribution < 1.29 is 39.6 Å². The quantitative estimate of drug-likeness (QED) is 0.559. The van der Waals surface area contributed by atoms with Crippen LogP contribution in [0.4, 0.5) is 32.0 Å². The van der Waals surface area contributed by atoms with Gasteiger partial charge in [0.1, 0.15) is 0 Å². The standard InChI is InChI=1S/C19H13F6N3O3S/c1-32(30,31)14-7-5-12(6-8-14)27-17(29)15-10-26-28(16(15)19(23,24)25)13-4-2-3-11(9-13)18(20,21)22/h2-10H,1H3,(H,27,29). The van der Waals surface area contributed by atoms with Crippen LogP contribution in [0.1, 0.15) is 21.6 Å². The normalized spacial score (nSPS) is 12.6. The molecule has 13 heteroatoms. The number of hydrogen-bond donors (Lipinski definition) is 1. The Bertz CT molecular complexity index is 1260. The summed E-state index contributed by atoms with van der Waals surface area (Å²) in [6.07, 6.45) is -8.38. The van der Waals surface area contributed by atoms with Crippen LogP contribution >= 0.6 is 0 Å². The molecular formula is C19H13F6N3O3S. The average Bonchev–Trinajstić information content (AvgIpc) is 3.13. The van der Waals surface area contributed by atoms with Gasteiger partial charge in [-0.05, 0) is 42.5 Å². The summed E-state index contributed by atoms with van der Waals surface area (Å²) in [5, 5.41) is 5.66. The second-order valence-electron chi connectivity index (χ2n) is 6.62. The number of hydrogen-bond acceptors (Lipinski definition) is 4. The molecule has 2 aromatic carbocycles. The van der Waals surface area contributed by atoms with Gasteiger partial charge >= 0.3 is 12.4 Å². The number of carbonyl (C=O) groups is 1. The highest BCUT2D eigenvalue weighted by Crippen LogP contribution is 2.35. The van der Waals surface area contributed by atoms with Crippen molar-refractivity contribution in [1.29, 1.82) is 0 Å². The molecule has 170 valence electrons. The van der Waals surface area contributed by atoms with Crippen molar-refractivity contribution in [2.45, 2.75) is 17.2 Å². The van der Waals surface area contributed by atoms with Gasteiger partial charge in [0, 0.05) is 11.9 Å². The molecule has 0 spiro atoms. The first kappa shape index (κ1) is 23.3. The molecule has 3 aromatic rings. The zero-order valence-corrected chi connectivity index (χ0v) is 16.8. The lowest BCUT2D eigenvalue weighted by Crippen LogP contribution is -2.21. The van der Waals surface area contributed by atoms with Crippen molar-refractivity contribution in [1.82, 2.24) is 9.78 Å². The summed E-state index contributed by atoms with van der Waals surface area (Å²) in [6, 6.07) is 7.74. The molecule has 0 fully saturated rings. The summed E-state index contributed by atoms with van der Waals surface area (Å²) in [7, 11) is -3.52. The smallest absolute Gasteiger partial charge is 0.322 e. The fourth-order valence-corrected chi connectivity index (χ4v) is 3.41. The number of nitrogens with zero attached hydrogens (tertiary/aromatic N) is 2. The molecule has 0 unspecified atom stereocenters. The number of rotatable bonds is 4. The molecule has 0 aliphatic heterocycles. The van der Waals surface area contributed by atoms with Crippen molar-refractivity contribution in [3.05, 3.63) is 71.5 Å². The molecule has 6 nitrogen and oxygen atoms in total.